The zero-order chi connectivity index (χ0) is 87.1. The lowest BCUT2D eigenvalue weighted by Crippen LogP contribution is -2.56. The van der Waals surface area contributed by atoms with Crippen LogP contribution in [-0.2, 0) is 136 Å². The first kappa shape index (κ1) is 103. The van der Waals surface area contributed by atoms with Gasteiger partial charge in [0.1, 0.15) is 22.0 Å². The van der Waals surface area contributed by atoms with E-state index in [2.05, 4.69) is 14.2 Å². The Morgan fingerprint density at radius 1 is 0.364 bits per heavy atom. The largest absolute Gasteiger partial charge is 0.304 e. The Kier molecular flexibility index (Phi) is 34.6. The molecule has 36 nitrogen and oxygen atoms in total. The smallest absolute Gasteiger partial charge is 0.275 e. The second-order valence-electron chi connectivity index (χ2n) is 37.6. The lowest BCUT2D eigenvalue weighted by Gasteiger charge is -2.33. The van der Waals surface area contributed by atoms with Gasteiger partial charge in [-0.25, -0.2) is 60.0 Å². The maximum atomic E-state index is 11.5. The summed E-state index contributed by atoms with van der Waals surface area (Å²) in [6, 6.07) is -0.328. The Hall–Kier alpha value is -4.90. The summed E-state index contributed by atoms with van der Waals surface area (Å²) in [7, 11) is -26.3. The van der Waals surface area contributed by atoms with Gasteiger partial charge in [0, 0.05) is 49.6 Å². The predicted octanol–water partition coefficient (Wildman–Crippen LogP) is 2.24. The summed E-state index contributed by atoms with van der Waals surface area (Å²) in [5.74, 6) is -3.26. The van der Waals surface area contributed by atoms with Crippen LogP contribution < -0.4 is 47.2 Å². The molecule has 110 heavy (non-hydrogen) atoms. The number of rotatable bonds is 0. The molecule has 9 heterocycles. The third-order valence-corrected chi connectivity index (χ3v) is 32.1. The minimum absolute atomic E-state index is 0.0324. The van der Waals surface area contributed by atoms with Crippen molar-refractivity contribution in [3.8, 4) is 0 Å². The molecule has 9 aliphatic rings. The zero-order valence-electron chi connectivity index (χ0n) is 68.4. The van der Waals surface area contributed by atoms with Gasteiger partial charge in [-0.05, 0) is 82.9 Å². The summed E-state index contributed by atoms with van der Waals surface area (Å²) in [4.78, 5) is 99.0. The van der Waals surface area contributed by atoms with Crippen LogP contribution in [0.1, 0.15) is 232 Å². The molecule has 0 aromatic heterocycles. The standard InChI is InChI=1S/3C8H15NO3S.C7H14N2O3S.2C7H13NO3S.2C7H13NO2S.C6H12N2O3S/c1-8(2,3)6-4-7(10)9-13(11,12)5-6;1-8(2,3)6-4-5-13(11,12)9-7(6)10;1-8(2,3)6-4-5-7(10)9-13(6,11)12;1-7(2,3)5-4-6(10)9-13(11,12)8-5;1-7(2,3)5-4-12(10,11)8-6(5)9;1-7(2,3)5-4-6(9)8-12(5,10)11;1-7(2,3)5-4-11(10)8-6(5)9;1-7(2,3)5-4-6(9)8-11(5)10;1-6(2,3)8-4-5(9)7-12(8,10)11/h3*6H,4-5H2,1-3H3,(H,9,10);5,8H,4H2,1-3H3,(H,9,10);2*5H,4H2,1-3H3,(H,8,9);2*5H,4H2,1-3H3,(H,8,9);4H2,1-3H3,(H,7,9). The first-order valence-corrected chi connectivity index (χ1v) is 48.6. The fourth-order valence-electron chi connectivity index (χ4n) is 11.3. The molecule has 9 amide bonds. The van der Waals surface area contributed by atoms with Crippen LogP contribution in [0.4, 0.5) is 0 Å². The van der Waals surface area contributed by atoms with Crippen molar-refractivity contribution in [2.24, 2.45) is 67.0 Å². The van der Waals surface area contributed by atoms with E-state index in [1.807, 2.05) is 199 Å². The summed E-state index contributed by atoms with van der Waals surface area (Å²) in [6.45, 7) is 51.0. The van der Waals surface area contributed by atoms with Crippen LogP contribution in [0.15, 0.2) is 0 Å². The molecule has 10 N–H and O–H groups in total. The van der Waals surface area contributed by atoms with E-state index in [-0.39, 0.29) is 144 Å². The van der Waals surface area contributed by atoms with Crippen molar-refractivity contribution < 1.29 is 110 Å². The summed E-state index contributed by atoms with van der Waals surface area (Å²) >= 11 is 0. The highest BCUT2D eigenvalue weighted by Gasteiger charge is 2.47. The van der Waals surface area contributed by atoms with Crippen molar-refractivity contribution in [3.05, 3.63) is 0 Å². The average Bonchev–Trinajstić information content (AvgIpc) is 1.70. The van der Waals surface area contributed by atoms with Crippen LogP contribution in [0, 0.1) is 67.0 Å². The number of carbonyl (C=O) groups is 9. The Morgan fingerprint density at radius 3 is 1.07 bits per heavy atom. The third kappa shape index (κ3) is 34.7. The lowest BCUT2D eigenvalue weighted by molar-refractivity contribution is -0.127. The molecular weight excluding hydrogens is 1620 g/mol. The summed E-state index contributed by atoms with van der Waals surface area (Å²) in [6.07, 6.45) is 2.16. The second kappa shape index (κ2) is 36.9. The van der Waals surface area contributed by atoms with E-state index >= 15 is 0 Å². The quantitative estimate of drug-likeness (QED) is 0.166. The maximum Gasteiger partial charge on any atom is 0.304 e. The van der Waals surface area contributed by atoms with Crippen molar-refractivity contribution in [2.45, 2.75) is 259 Å². The maximum absolute atomic E-state index is 11.5. The molecule has 10 atom stereocenters. The van der Waals surface area contributed by atoms with E-state index in [1.165, 1.54) is 0 Å². The minimum Gasteiger partial charge on any atom is -0.275 e. The number of nitrogens with zero attached hydrogens (tertiary/aromatic N) is 1. The van der Waals surface area contributed by atoms with E-state index in [4.69, 9.17) is 0 Å². The third-order valence-electron chi connectivity index (χ3n) is 18.1. The molecule has 10 unspecified atom stereocenters. The van der Waals surface area contributed by atoms with Gasteiger partial charge < -0.3 is 0 Å². The van der Waals surface area contributed by atoms with Crippen molar-refractivity contribution in [2.75, 3.05) is 29.6 Å². The van der Waals surface area contributed by atoms with Gasteiger partial charge in [-0.1, -0.05) is 166 Å². The van der Waals surface area contributed by atoms with Gasteiger partial charge >= 0.3 is 20.4 Å². The SMILES string of the molecule is CC(C)(C)C1CC(=O)NS(=O)(=O)C1.CC(C)(C)C1CC(=O)NS(=O)(=O)N1.CC(C)(C)C1CC(=O)NS1(=O)=O.CC(C)(C)C1CC(=O)NS1=O.CC(C)(C)C1CCC(=O)NS1(=O)=O.CC(C)(C)C1CCS(=O)(=O)NC1=O.CC(C)(C)C1CS(=O)(=O)NC1=O.CC(C)(C)C1CS(=O)NC1=O.CC(C)(C)N1CC(=O)NS1(=O)=O. The number of amides is 9. The number of hydrogen-bond donors (Lipinski definition) is 10. The Morgan fingerprint density at radius 2 is 0.800 bits per heavy atom. The van der Waals surface area contributed by atoms with E-state index in [1.54, 1.807) is 20.8 Å². The number of carbonyl (C=O) groups excluding carboxylic acids is 9. The van der Waals surface area contributed by atoms with Crippen molar-refractivity contribution in [3.63, 3.8) is 0 Å². The molecule has 642 valence electrons. The van der Waals surface area contributed by atoms with Crippen LogP contribution in [0.3, 0.4) is 0 Å². The van der Waals surface area contributed by atoms with Crippen molar-refractivity contribution in [1.29, 1.82) is 0 Å². The molecule has 0 aliphatic carbocycles. The Balaban J connectivity index is 0.000000619. The number of hydrogen-bond acceptors (Lipinski definition) is 25. The van der Waals surface area contributed by atoms with Gasteiger partial charge in [0.05, 0.1) is 57.1 Å². The Labute approximate surface area is 658 Å². The predicted molar refractivity (Wildman–Crippen MR) is 418 cm³/mol. The molecule has 0 spiro atoms. The van der Waals surface area contributed by atoms with Gasteiger partial charge in [0.2, 0.25) is 103 Å². The lowest BCUT2D eigenvalue weighted by atomic mass is 9.78. The van der Waals surface area contributed by atoms with Crippen LogP contribution in [0.25, 0.3) is 0 Å². The Bertz CT molecular complexity index is 4120. The van der Waals surface area contributed by atoms with Gasteiger partial charge in [0.15, 0.2) is 0 Å². The molecule has 0 aromatic rings. The first-order chi connectivity index (χ1) is 48.4. The van der Waals surface area contributed by atoms with Gasteiger partial charge in [-0.3, -0.25) is 76.2 Å². The average molecular weight is 1750 g/mol. The van der Waals surface area contributed by atoms with Gasteiger partial charge in [0.25, 0.3) is 0 Å². The van der Waals surface area contributed by atoms with Crippen LogP contribution in [0.5, 0.6) is 0 Å². The highest BCUT2D eigenvalue weighted by atomic mass is 32.2. The van der Waals surface area contributed by atoms with Crippen molar-refractivity contribution >= 4 is 146 Å². The van der Waals surface area contributed by atoms with Gasteiger partial charge in [-0.2, -0.15) is 25.9 Å². The summed E-state index contributed by atoms with van der Waals surface area (Å²) < 4.78 is 201. The van der Waals surface area contributed by atoms with Gasteiger partial charge in [-0.15, -0.1) is 0 Å². The summed E-state index contributed by atoms with van der Waals surface area (Å²) in [5, 5.41) is -1.08. The molecule has 0 radical (unpaired) electrons. The molecule has 9 fully saturated rings. The highest BCUT2D eigenvalue weighted by Crippen LogP contribution is 2.37. The normalized spacial score (nSPS) is 28.6. The molecule has 0 bridgehead atoms. The fourth-order valence-corrected chi connectivity index (χ4v) is 25.0. The molecule has 9 saturated heterocycles. The molecule has 45 heteroatoms. The fraction of sp³-hybridized carbons (Fsp3) is 0.862. The first-order valence-electron chi connectivity index (χ1n) is 35.1. The van der Waals surface area contributed by atoms with E-state index < -0.39 is 132 Å². The second-order valence-corrected chi connectivity index (χ2v) is 52.3. The molecule has 0 aromatic carbocycles. The van der Waals surface area contributed by atoms with E-state index in [0.717, 1.165) is 4.31 Å². The van der Waals surface area contributed by atoms with Crippen LogP contribution >= 0.6 is 0 Å². The minimum atomic E-state index is -3.61. The van der Waals surface area contributed by atoms with E-state index in [9.17, 15) is 110 Å². The molecular formula is C65H123N11O25S9. The highest BCUT2D eigenvalue weighted by molar-refractivity contribution is 7.92. The molecule has 0 saturated carbocycles. The molecule has 9 aliphatic heterocycles. The number of nitrogens with one attached hydrogen (secondary N) is 10. The topological polar surface area (TPSA) is 550 Å². The van der Waals surface area contributed by atoms with E-state index in [0.29, 0.717) is 37.9 Å². The monoisotopic (exact) mass is 1750 g/mol. The number of sulfonamides is 5. The zero-order valence-corrected chi connectivity index (χ0v) is 75.8. The molecule has 9 rings (SSSR count). The van der Waals surface area contributed by atoms with Crippen molar-refractivity contribution in [1.82, 2.24) is 51.5 Å². The van der Waals surface area contributed by atoms with Crippen LogP contribution in [-0.4, -0.2) is 182 Å². The summed E-state index contributed by atoms with van der Waals surface area (Å²) in [5.41, 5.74) is -2.19. The van der Waals surface area contributed by atoms with Crippen LogP contribution in [0.2, 0.25) is 0 Å².